The third-order valence-corrected chi connectivity index (χ3v) is 3.72. The predicted molar refractivity (Wildman–Crippen MR) is 78.4 cm³/mol. The minimum absolute atomic E-state index is 0.404. The van der Waals surface area contributed by atoms with Crippen LogP contribution in [0.5, 0.6) is 0 Å². The van der Waals surface area contributed by atoms with Crippen LogP contribution < -0.4 is 5.32 Å². The summed E-state index contributed by atoms with van der Waals surface area (Å²) in [5.74, 6) is 0.999. The van der Waals surface area contributed by atoms with E-state index < -0.39 is 0 Å². The van der Waals surface area contributed by atoms with Gasteiger partial charge in [-0.3, -0.25) is 0 Å². The van der Waals surface area contributed by atoms with Crippen molar-refractivity contribution in [2.24, 2.45) is 0 Å². The summed E-state index contributed by atoms with van der Waals surface area (Å²) in [7, 11) is 0. The van der Waals surface area contributed by atoms with E-state index in [1.54, 1.807) is 0 Å². The van der Waals surface area contributed by atoms with E-state index in [0.29, 0.717) is 6.04 Å². The lowest BCUT2D eigenvalue weighted by molar-refractivity contribution is 0.669. The van der Waals surface area contributed by atoms with Gasteiger partial charge in [0, 0.05) is 30.1 Å². The molecule has 0 saturated carbocycles. The summed E-state index contributed by atoms with van der Waals surface area (Å²) in [4.78, 5) is 5.97. The van der Waals surface area contributed by atoms with Gasteiger partial charge in [-0.15, -0.1) is 11.3 Å². The van der Waals surface area contributed by atoms with Crippen molar-refractivity contribution in [3.8, 4) is 0 Å². The average molecular weight is 263 g/mol. The van der Waals surface area contributed by atoms with Crippen molar-refractivity contribution < 1.29 is 0 Å². The van der Waals surface area contributed by atoms with Crippen molar-refractivity contribution in [3.63, 3.8) is 0 Å². The van der Waals surface area contributed by atoms with Crippen LogP contribution in [-0.4, -0.2) is 15.6 Å². The fourth-order valence-corrected chi connectivity index (χ4v) is 2.91. The second-order valence-electron chi connectivity index (χ2n) is 4.73. The van der Waals surface area contributed by atoms with Crippen molar-refractivity contribution in [2.75, 3.05) is 5.32 Å². The number of nitrogens with zero attached hydrogens (tertiary/aromatic N) is 2. The first-order valence-corrected chi connectivity index (χ1v) is 7.39. The molecule has 0 fully saturated rings. The lowest BCUT2D eigenvalue weighted by Crippen LogP contribution is -2.20. The average Bonchev–Trinajstić information content (AvgIpc) is 2.90. The molecule has 1 atom stereocenters. The van der Waals surface area contributed by atoms with Crippen molar-refractivity contribution >= 4 is 17.3 Å². The normalized spacial score (nSPS) is 12.6. The Balaban J connectivity index is 1.99. The van der Waals surface area contributed by atoms with Gasteiger partial charge in [-0.2, -0.15) is 0 Å². The van der Waals surface area contributed by atoms with Crippen LogP contribution in [0.4, 0.5) is 5.95 Å². The van der Waals surface area contributed by atoms with Crippen molar-refractivity contribution in [1.82, 2.24) is 9.55 Å². The second kappa shape index (κ2) is 6.05. The minimum Gasteiger partial charge on any atom is -0.353 e. The molecule has 0 saturated heterocycles. The highest BCUT2D eigenvalue weighted by atomic mass is 32.1. The van der Waals surface area contributed by atoms with E-state index in [2.05, 4.69) is 52.4 Å². The molecule has 4 heteroatoms. The predicted octanol–water partition coefficient (Wildman–Crippen LogP) is 3.71. The van der Waals surface area contributed by atoms with E-state index in [4.69, 9.17) is 0 Å². The number of hydrogen-bond donors (Lipinski definition) is 1. The molecule has 98 valence electrons. The zero-order valence-corrected chi connectivity index (χ0v) is 12.1. The van der Waals surface area contributed by atoms with E-state index >= 15 is 0 Å². The highest BCUT2D eigenvalue weighted by Crippen LogP contribution is 2.15. The number of anilines is 1. The first-order chi connectivity index (χ1) is 8.69. The van der Waals surface area contributed by atoms with Gasteiger partial charge in [0.05, 0.1) is 5.69 Å². The molecule has 1 N–H and O–H groups in total. The summed E-state index contributed by atoms with van der Waals surface area (Å²) in [6.45, 7) is 7.46. The Labute approximate surface area is 113 Å². The Hall–Kier alpha value is -1.29. The highest BCUT2D eigenvalue weighted by molar-refractivity contribution is 7.09. The fraction of sp³-hybridized carbons (Fsp3) is 0.500. The Morgan fingerprint density at radius 1 is 1.50 bits per heavy atom. The first-order valence-electron chi connectivity index (χ1n) is 6.51. The number of imidazole rings is 1. The maximum Gasteiger partial charge on any atom is 0.203 e. The lowest BCUT2D eigenvalue weighted by atomic mass is 10.2. The third-order valence-electron chi connectivity index (χ3n) is 2.82. The van der Waals surface area contributed by atoms with E-state index in [1.807, 2.05) is 18.3 Å². The number of thiophene rings is 1. The molecule has 2 aromatic heterocycles. The van der Waals surface area contributed by atoms with Gasteiger partial charge in [-0.05, 0) is 31.7 Å². The molecule has 3 nitrogen and oxygen atoms in total. The van der Waals surface area contributed by atoms with Gasteiger partial charge in [-0.1, -0.05) is 13.0 Å². The topological polar surface area (TPSA) is 29.9 Å². The van der Waals surface area contributed by atoms with Gasteiger partial charge in [-0.25, -0.2) is 4.98 Å². The monoisotopic (exact) mass is 263 g/mol. The molecule has 0 spiro atoms. The summed E-state index contributed by atoms with van der Waals surface area (Å²) in [5, 5.41) is 5.64. The SMILES string of the molecule is CCCn1cc(C)nc1NC(C)Cc1cccs1. The van der Waals surface area contributed by atoms with Gasteiger partial charge in [0.1, 0.15) is 0 Å². The lowest BCUT2D eigenvalue weighted by Gasteiger charge is -2.15. The first kappa shape index (κ1) is 13.1. The van der Waals surface area contributed by atoms with Crippen LogP contribution in [-0.2, 0) is 13.0 Å². The molecule has 2 rings (SSSR count). The molecule has 2 heterocycles. The molecule has 1 unspecified atom stereocenters. The molecular formula is C14H21N3S. The summed E-state index contributed by atoms with van der Waals surface area (Å²) in [5.41, 5.74) is 1.08. The zero-order valence-electron chi connectivity index (χ0n) is 11.3. The fourth-order valence-electron chi connectivity index (χ4n) is 2.08. The molecule has 0 aliphatic rings. The van der Waals surface area contributed by atoms with Gasteiger partial charge < -0.3 is 9.88 Å². The summed E-state index contributed by atoms with van der Waals surface area (Å²) in [6, 6.07) is 4.70. The molecular weight excluding hydrogens is 242 g/mol. The van der Waals surface area contributed by atoms with Gasteiger partial charge in [0.2, 0.25) is 5.95 Å². The Morgan fingerprint density at radius 2 is 2.33 bits per heavy atom. The highest BCUT2D eigenvalue weighted by Gasteiger charge is 2.09. The summed E-state index contributed by atoms with van der Waals surface area (Å²) >= 11 is 1.81. The Bertz CT molecular complexity index is 473. The van der Waals surface area contributed by atoms with Gasteiger partial charge in [0.25, 0.3) is 0 Å². The molecule has 0 aliphatic heterocycles. The van der Waals surface area contributed by atoms with Crippen LogP contribution in [0.15, 0.2) is 23.7 Å². The van der Waals surface area contributed by atoms with E-state index in [-0.39, 0.29) is 0 Å². The molecule has 0 radical (unpaired) electrons. The number of hydrogen-bond acceptors (Lipinski definition) is 3. The molecule has 0 amide bonds. The van der Waals surface area contributed by atoms with Crippen LogP contribution in [0.1, 0.15) is 30.8 Å². The van der Waals surface area contributed by atoms with Crippen LogP contribution >= 0.6 is 11.3 Å². The minimum atomic E-state index is 0.404. The van der Waals surface area contributed by atoms with E-state index in [1.165, 1.54) is 4.88 Å². The quantitative estimate of drug-likeness (QED) is 0.861. The summed E-state index contributed by atoms with van der Waals surface area (Å²) in [6.07, 6.45) is 4.29. The van der Waals surface area contributed by atoms with Crippen LogP contribution in [0.3, 0.4) is 0 Å². The van der Waals surface area contributed by atoms with Crippen LogP contribution in [0, 0.1) is 6.92 Å². The van der Waals surface area contributed by atoms with Gasteiger partial charge in [0.15, 0.2) is 0 Å². The number of aryl methyl sites for hydroxylation is 2. The molecule has 0 aliphatic carbocycles. The molecule has 0 aromatic carbocycles. The van der Waals surface area contributed by atoms with Crippen LogP contribution in [0.2, 0.25) is 0 Å². The van der Waals surface area contributed by atoms with Gasteiger partial charge >= 0.3 is 0 Å². The number of rotatable bonds is 6. The van der Waals surface area contributed by atoms with Crippen molar-refractivity contribution in [1.29, 1.82) is 0 Å². The third kappa shape index (κ3) is 3.35. The maximum atomic E-state index is 4.55. The standard InChI is InChI=1S/C14H21N3S/c1-4-7-17-10-12(3)16-14(17)15-11(2)9-13-6-5-8-18-13/h5-6,8,10-11H,4,7,9H2,1-3H3,(H,15,16). The smallest absolute Gasteiger partial charge is 0.203 e. The maximum absolute atomic E-state index is 4.55. The number of aromatic nitrogens is 2. The van der Waals surface area contributed by atoms with Crippen molar-refractivity contribution in [2.45, 2.75) is 46.2 Å². The van der Waals surface area contributed by atoms with E-state index in [9.17, 15) is 0 Å². The molecule has 18 heavy (non-hydrogen) atoms. The van der Waals surface area contributed by atoms with Crippen LogP contribution in [0.25, 0.3) is 0 Å². The largest absolute Gasteiger partial charge is 0.353 e. The summed E-state index contributed by atoms with van der Waals surface area (Å²) < 4.78 is 2.21. The zero-order chi connectivity index (χ0) is 13.0. The second-order valence-corrected chi connectivity index (χ2v) is 5.76. The molecule has 0 bridgehead atoms. The Morgan fingerprint density at radius 3 is 3.00 bits per heavy atom. The number of nitrogens with one attached hydrogen (secondary N) is 1. The van der Waals surface area contributed by atoms with Crippen molar-refractivity contribution in [3.05, 3.63) is 34.3 Å². The Kier molecular flexibility index (Phi) is 4.42. The van der Waals surface area contributed by atoms with E-state index in [0.717, 1.165) is 31.0 Å². The molecule has 2 aromatic rings.